The highest BCUT2D eigenvalue weighted by molar-refractivity contribution is 7.12. The minimum Gasteiger partial charge on any atom is -0.379 e. The lowest BCUT2D eigenvalue weighted by atomic mass is 10.00. The number of thiophene rings is 1. The second kappa shape index (κ2) is 11.0. The Labute approximate surface area is 199 Å². The zero-order valence-corrected chi connectivity index (χ0v) is 20.2. The third-order valence-corrected chi connectivity index (χ3v) is 7.12. The Morgan fingerprint density at radius 2 is 1.94 bits per heavy atom. The van der Waals surface area contributed by atoms with Gasteiger partial charge in [-0.3, -0.25) is 14.5 Å². The summed E-state index contributed by atoms with van der Waals surface area (Å²) in [5, 5.41) is 8.37. The first kappa shape index (κ1) is 23.6. The Hall–Kier alpha value is -2.55. The van der Waals surface area contributed by atoms with E-state index in [4.69, 9.17) is 9.84 Å². The van der Waals surface area contributed by atoms with Crippen LogP contribution in [0.25, 0.3) is 0 Å². The van der Waals surface area contributed by atoms with Crippen LogP contribution in [0.2, 0.25) is 0 Å². The van der Waals surface area contributed by atoms with Crippen molar-refractivity contribution >= 4 is 28.9 Å². The minimum atomic E-state index is -0.159. The highest BCUT2D eigenvalue weighted by Gasteiger charge is 2.34. The molecule has 2 aliphatic heterocycles. The van der Waals surface area contributed by atoms with Crippen molar-refractivity contribution < 1.29 is 14.3 Å². The third kappa shape index (κ3) is 5.88. The first-order valence-corrected chi connectivity index (χ1v) is 12.5. The van der Waals surface area contributed by atoms with Crippen molar-refractivity contribution in [2.45, 2.75) is 32.7 Å². The Morgan fingerprint density at radius 1 is 1.18 bits per heavy atom. The fraction of sp³-hybridized carbons (Fsp3) is 0.480. The summed E-state index contributed by atoms with van der Waals surface area (Å²) in [4.78, 5) is 31.2. The summed E-state index contributed by atoms with van der Waals surface area (Å²) >= 11 is 1.63. The SMILES string of the molecule is CCC(=O)N(CCN1CCOCC1)CC(=O)N1N=C(c2cccs2)CC1c1ccc(C)cc1. The molecule has 1 fully saturated rings. The van der Waals surface area contributed by atoms with E-state index in [-0.39, 0.29) is 24.4 Å². The van der Waals surface area contributed by atoms with E-state index < -0.39 is 0 Å². The van der Waals surface area contributed by atoms with Crippen LogP contribution in [0.3, 0.4) is 0 Å². The van der Waals surface area contributed by atoms with E-state index in [0.29, 0.717) is 32.6 Å². The lowest BCUT2D eigenvalue weighted by Crippen LogP contribution is -2.46. The van der Waals surface area contributed by atoms with Crippen molar-refractivity contribution in [3.63, 3.8) is 0 Å². The molecule has 0 spiro atoms. The number of hydrogen-bond donors (Lipinski definition) is 0. The van der Waals surface area contributed by atoms with Gasteiger partial charge in [-0.1, -0.05) is 42.8 Å². The van der Waals surface area contributed by atoms with Crippen molar-refractivity contribution in [1.82, 2.24) is 14.8 Å². The molecule has 3 heterocycles. The first-order chi connectivity index (χ1) is 16.0. The topological polar surface area (TPSA) is 65.5 Å². The van der Waals surface area contributed by atoms with Gasteiger partial charge in [0.2, 0.25) is 5.91 Å². The molecule has 33 heavy (non-hydrogen) atoms. The number of benzene rings is 1. The van der Waals surface area contributed by atoms with Gasteiger partial charge in [-0.25, -0.2) is 5.01 Å². The van der Waals surface area contributed by atoms with E-state index in [9.17, 15) is 9.59 Å². The maximum Gasteiger partial charge on any atom is 0.262 e. The summed E-state index contributed by atoms with van der Waals surface area (Å²) in [5.74, 6) is -0.152. The van der Waals surface area contributed by atoms with E-state index in [1.165, 1.54) is 5.56 Å². The predicted octanol–water partition coefficient (Wildman–Crippen LogP) is 3.31. The van der Waals surface area contributed by atoms with Gasteiger partial charge >= 0.3 is 0 Å². The molecule has 1 saturated heterocycles. The number of aryl methyl sites for hydroxylation is 1. The zero-order chi connectivity index (χ0) is 23.2. The molecule has 0 saturated carbocycles. The molecule has 1 atom stereocenters. The van der Waals surface area contributed by atoms with Gasteiger partial charge in [-0.05, 0) is 23.9 Å². The molecule has 176 valence electrons. The maximum atomic E-state index is 13.5. The van der Waals surface area contributed by atoms with E-state index in [1.807, 2.05) is 24.4 Å². The van der Waals surface area contributed by atoms with E-state index in [2.05, 4.69) is 36.1 Å². The number of carbonyl (C=O) groups is 2. The van der Waals surface area contributed by atoms with Crippen LogP contribution in [0.4, 0.5) is 0 Å². The largest absolute Gasteiger partial charge is 0.379 e. The highest BCUT2D eigenvalue weighted by Crippen LogP contribution is 2.34. The summed E-state index contributed by atoms with van der Waals surface area (Å²) in [6.07, 6.45) is 1.05. The fourth-order valence-corrected chi connectivity index (χ4v) is 4.94. The number of hydrazone groups is 1. The van der Waals surface area contributed by atoms with Gasteiger partial charge in [0, 0.05) is 39.0 Å². The maximum absolute atomic E-state index is 13.5. The van der Waals surface area contributed by atoms with Crippen molar-refractivity contribution in [2.24, 2.45) is 5.10 Å². The summed E-state index contributed by atoms with van der Waals surface area (Å²) in [6.45, 7) is 8.36. The fourth-order valence-electron chi connectivity index (χ4n) is 4.22. The van der Waals surface area contributed by atoms with Gasteiger partial charge in [0.15, 0.2) is 0 Å². The Balaban J connectivity index is 1.51. The smallest absolute Gasteiger partial charge is 0.262 e. The van der Waals surface area contributed by atoms with Crippen LogP contribution in [0.1, 0.15) is 41.8 Å². The molecule has 2 aromatic rings. The standard InChI is InChI=1S/C25H32N4O3S/c1-3-24(30)28(11-10-27-12-14-32-15-13-27)18-25(31)29-22(20-8-6-19(2)7-9-20)17-21(26-29)23-5-4-16-33-23/h4-9,16,22H,3,10-15,17-18H2,1-2H3. The van der Waals surface area contributed by atoms with Gasteiger partial charge in [0.1, 0.15) is 6.54 Å². The molecular weight excluding hydrogens is 436 g/mol. The monoisotopic (exact) mass is 468 g/mol. The van der Waals surface area contributed by atoms with Crippen LogP contribution in [0.5, 0.6) is 0 Å². The average Bonchev–Trinajstić information content (AvgIpc) is 3.52. The lowest BCUT2D eigenvalue weighted by Gasteiger charge is -2.31. The van der Waals surface area contributed by atoms with Crippen molar-refractivity contribution in [2.75, 3.05) is 45.9 Å². The zero-order valence-electron chi connectivity index (χ0n) is 19.4. The van der Waals surface area contributed by atoms with Gasteiger partial charge in [0.05, 0.1) is 29.8 Å². The van der Waals surface area contributed by atoms with Crippen LogP contribution in [-0.2, 0) is 14.3 Å². The Bertz CT molecular complexity index is 968. The Kier molecular flexibility index (Phi) is 7.90. The van der Waals surface area contributed by atoms with Crippen LogP contribution in [-0.4, -0.2) is 78.3 Å². The second-order valence-corrected chi connectivity index (χ2v) is 9.46. The summed E-state index contributed by atoms with van der Waals surface area (Å²) in [7, 11) is 0. The molecule has 2 amide bonds. The summed E-state index contributed by atoms with van der Waals surface area (Å²) < 4.78 is 5.41. The molecule has 1 aromatic heterocycles. The van der Waals surface area contributed by atoms with Gasteiger partial charge < -0.3 is 9.64 Å². The van der Waals surface area contributed by atoms with Gasteiger partial charge in [-0.2, -0.15) is 5.10 Å². The molecule has 0 N–H and O–H groups in total. The molecule has 1 aromatic carbocycles. The van der Waals surface area contributed by atoms with E-state index in [1.54, 1.807) is 21.2 Å². The molecule has 8 heteroatoms. The van der Waals surface area contributed by atoms with Crippen molar-refractivity contribution in [3.8, 4) is 0 Å². The van der Waals surface area contributed by atoms with Crippen LogP contribution < -0.4 is 0 Å². The number of morpholine rings is 1. The summed E-state index contributed by atoms with van der Waals surface area (Å²) in [6, 6.07) is 12.2. The van der Waals surface area contributed by atoms with E-state index in [0.717, 1.165) is 35.8 Å². The lowest BCUT2D eigenvalue weighted by molar-refractivity contribution is -0.141. The number of hydrogen-bond acceptors (Lipinski definition) is 6. The van der Waals surface area contributed by atoms with Crippen LogP contribution >= 0.6 is 11.3 Å². The average molecular weight is 469 g/mol. The second-order valence-electron chi connectivity index (χ2n) is 8.52. The number of carbonyl (C=O) groups excluding carboxylic acids is 2. The van der Waals surface area contributed by atoms with Crippen molar-refractivity contribution in [3.05, 3.63) is 57.8 Å². The third-order valence-electron chi connectivity index (χ3n) is 6.20. The number of nitrogens with zero attached hydrogens (tertiary/aromatic N) is 4. The number of amides is 2. The van der Waals surface area contributed by atoms with Crippen LogP contribution in [0.15, 0.2) is 46.9 Å². The highest BCUT2D eigenvalue weighted by atomic mass is 32.1. The molecule has 4 rings (SSSR count). The molecule has 1 unspecified atom stereocenters. The van der Waals surface area contributed by atoms with Crippen LogP contribution in [0, 0.1) is 6.92 Å². The minimum absolute atomic E-state index is 0.00912. The van der Waals surface area contributed by atoms with Gasteiger partial charge in [-0.15, -0.1) is 11.3 Å². The van der Waals surface area contributed by atoms with E-state index >= 15 is 0 Å². The molecule has 0 aliphatic carbocycles. The molecule has 0 bridgehead atoms. The molecular formula is C25H32N4O3S. The molecule has 0 radical (unpaired) electrons. The first-order valence-electron chi connectivity index (χ1n) is 11.6. The molecule has 7 nitrogen and oxygen atoms in total. The summed E-state index contributed by atoms with van der Waals surface area (Å²) in [5.41, 5.74) is 3.16. The number of ether oxygens (including phenoxy) is 1. The number of rotatable bonds is 8. The van der Waals surface area contributed by atoms with Crippen molar-refractivity contribution in [1.29, 1.82) is 0 Å². The van der Waals surface area contributed by atoms with Gasteiger partial charge in [0.25, 0.3) is 5.91 Å². The quantitative estimate of drug-likeness (QED) is 0.596. The normalized spacial score (nSPS) is 18.9. The predicted molar refractivity (Wildman–Crippen MR) is 130 cm³/mol. The molecule has 2 aliphatic rings. The Morgan fingerprint density at radius 3 is 2.61 bits per heavy atom.